The van der Waals surface area contributed by atoms with E-state index in [2.05, 4.69) is 0 Å². The lowest BCUT2D eigenvalue weighted by atomic mass is 9.92. The molecule has 144 valence electrons. The zero-order chi connectivity index (χ0) is 20.3. The molecule has 2 nitrogen and oxygen atoms in total. The Kier molecular flexibility index (Phi) is 5.73. The average Bonchev–Trinajstić information content (AvgIpc) is 2.65. The molecule has 5 heteroatoms. The molecule has 0 heterocycles. The normalized spacial score (nSPS) is 10.6. The van der Waals surface area contributed by atoms with E-state index in [-0.39, 0.29) is 11.5 Å². The molecule has 0 unspecified atom stereocenters. The third kappa shape index (κ3) is 4.36. The van der Waals surface area contributed by atoms with Crippen molar-refractivity contribution in [3.8, 4) is 33.8 Å². The fourth-order valence-electron chi connectivity index (χ4n) is 3.06. The Bertz CT molecular complexity index is 1020. The average molecular weight is 384 g/mol. The second-order valence-electron chi connectivity index (χ2n) is 6.48. The first-order valence-corrected chi connectivity index (χ1v) is 8.69. The summed E-state index contributed by atoms with van der Waals surface area (Å²) in [4.78, 5) is 0. The van der Waals surface area contributed by atoms with E-state index >= 15 is 0 Å². The predicted molar refractivity (Wildman–Crippen MR) is 104 cm³/mol. The molecule has 3 aromatic carbocycles. The van der Waals surface area contributed by atoms with Gasteiger partial charge in [0.25, 0.3) is 6.08 Å². The first kappa shape index (κ1) is 19.5. The third-order valence-electron chi connectivity index (χ3n) is 4.47. The van der Waals surface area contributed by atoms with Gasteiger partial charge in [0.2, 0.25) is 0 Å². The molecule has 0 aliphatic heterocycles. The summed E-state index contributed by atoms with van der Waals surface area (Å²) >= 11 is 0. The van der Waals surface area contributed by atoms with Crippen LogP contribution in [0.4, 0.5) is 13.2 Å². The molecule has 0 bridgehead atoms. The van der Waals surface area contributed by atoms with Gasteiger partial charge in [0.15, 0.2) is 11.6 Å². The quantitative estimate of drug-likeness (QED) is 0.534. The number of ether oxygens (including phenoxy) is 1. The predicted octanol–water partition coefficient (Wildman–Crippen LogP) is 6.64. The molecular formula is C23H19F3O2. The fraction of sp³-hybridized carbons (Fsp3) is 0.130. The van der Waals surface area contributed by atoms with Crippen LogP contribution in [-0.4, -0.2) is 11.7 Å². The molecule has 0 spiro atoms. The van der Waals surface area contributed by atoms with Crippen LogP contribution in [0.2, 0.25) is 0 Å². The summed E-state index contributed by atoms with van der Waals surface area (Å²) in [5.41, 5.74) is 5.53. The first-order chi connectivity index (χ1) is 13.3. The van der Waals surface area contributed by atoms with Crippen LogP contribution in [0.15, 0.2) is 66.8 Å². The van der Waals surface area contributed by atoms with Crippen LogP contribution in [-0.2, 0) is 0 Å². The van der Waals surface area contributed by atoms with Gasteiger partial charge in [-0.3, -0.25) is 0 Å². The van der Waals surface area contributed by atoms with Crippen molar-refractivity contribution in [3.05, 3.63) is 83.7 Å². The zero-order valence-electron chi connectivity index (χ0n) is 15.5. The lowest BCUT2D eigenvalue weighted by molar-refractivity contribution is 0.328. The number of aryl methyl sites for hydroxylation is 2. The molecule has 3 aromatic rings. The summed E-state index contributed by atoms with van der Waals surface area (Å²) in [6.07, 6.45) is -1.28. The van der Waals surface area contributed by atoms with Gasteiger partial charge in [0.1, 0.15) is 12.4 Å². The van der Waals surface area contributed by atoms with Crippen LogP contribution in [0.25, 0.3) is 22.3 Å². The minimum absolute atomic E-state index is 0.0728. The van der Waals surface area contributed by atoms with E-state index in [0.717, 1.165) is 27.8 Å². The minimum atomic E-state index is -1.86. The molecule has 1 N–H and O–H groups in total. The van der Waals surface area contributed by atoms with Crippen LogP contribution in [0, 0.1) is 19.7 Å². The molecule has 0 aliphatic rings. The summed E-state index contributed by atoms with van der Waals surface area (Å²) in [6.45, 7) is 3.52. The van der Waals surface area contributed by atoms with Crippen LogP contribution in [0.5, 0.6) is 11.5 Å². The van der Waals surface area contributed by atoms with Crippen LogP contribution < -0.4 is 4.74 Å². The van der Waals surface area contributed by atoms with Crippen molar-refractivity contribution in [1.82, 2.24) is 0 Å². The van der Waals surface area contributed by atoms with E-state index in [1.54, 1.807) is 18.2 Å². The number of hydrogen-bond donors (Lipinski definition) is 1. The Morgan fingerprint density at radius 2 is 1.46 bits per heavy atom. The van der Waals surface area contributed by atoms with E-state index < -0.39 is 18.5 Å². The molecule has 0 saturated carbocycles. The van der Waals surface area contributed by atoms with Gasteiger partial charge in [-0.25, -0.2) is 4.39 Å². The van der Waals surface area contributed by atoms with E-state index in [4.69, 9.17) is 4.74 Å². The highest BCUT2D eigenvalue weighted by molar-refractivity contribution is 5.76. The summed E-state index contributed by atoms with van der Waals surface area (Å²) in [6, 6.07) is 15.4. The highest BCUT2D eigenvalue weighted by Gasteiger charge is 2.11. The number of halogens is 3. The SMILES string of the molecule is Cc1cc(-c2ccc(OCC=C(F)F)c(F)c2)c(C)cc1-c1ccc(O)cc1. The third-order valence-corrected chi connectivity index (χ3v) is 4.47. The molecule has 0 saturated heterocycles. The monoisotopic (exact) mass is 384 g/mol. The Balaban J connectivity index is 1.91. The molecule has 28 heavy (non-hydrogen) atoms. The zero-order valence-corrected chi connectivity index (χ0v) is 15.5. The summed E-state index contributed by atoms with van der Waals surface area (Å²) in [5, 5.41) is 9.46. The maximum absolute atomic E-state index is 14.3. The number of hydrogen-bond acceptors (Lipinski definition) is 2. The van der Waals surface area contributed by atoms with Gasteiger partial charge in [-0.2, -0.15) is 8.78 Å². The van der Waals surface area contributed by atoms with Gasteiger partial charge in [-0.05, 0) is 71.5 Å². The van der Waals surface area contributed by atoms with Crippen LogP contribution in [0.3, 0.4) is 0 Å². The van der Waals surface area contributed by atoms with E-state index in [0.29, 0.717) is 11.6 Å². The van der Waals surface area contributed by atoms with E-state index in [9.17, 15) is 18.3 Å². The summed E-state index contributed by atoms with van der Waals surface area (Å²) < 4.78 is 43.5. The molecule has 0 amide bonds. The standard InChI is InChI=1S/C23H19F3O2/c1-14-12-20(15(2)11-19(14)16-3-6-18(27)7-4-16)17-5-8-22(21(24)13-17)28-10-9-23(25)26/h3-9,11-13,27H,10H2,1-2H3. The Labute approximate surface area is 161 Å². The first-order valence-electron chi connectivity index (χ1n) is 8.69. The molecule has 0 fully saturated rings. The van der Waals surface area contributed by atoms with Gasteiger partial charge in [-0.15, -0.1) is 0 Å². The van der Waals surface area contributed by atoms with Gasteiger partial charge >= 0.3 is 0 Å². The van der Waals surface area contributed by atoms with Crippen molar-refractivity contribution in [1.29, 1.82) is 0 Å². The van der Waals surface area contributed by atoms with Crippen molar-refractivity contribution >= 4 is 0 Å². The lowest BCUT2D eigenvalue weighted by Gasteiger charge is -2.14. The van der Waals surface area contributed by atoms with Gasteiger partial charge in [-0.1, -0.05) is 30.3 Å². The molecule has 0 aromatic heterocycles. The molecule has 0 aliphatic carbocycles. The summed E-state index contributed by atoms with van der Waals surface area (Å²) in [7, 11) is 0. The maximum atomic E-state index is 14.3. The highest BCUT2D eigenvalue weighted by atomic mass is 19.3. The molecule has 0 atom stereocenters. The smallest absolute Gasteiger partial charge is 0.269 e. The maximum Gasteiger partial charge on any atom is 0.269 e. The topological polar surface area (TPSA) is 29.5 Å². The van der Waals surface area contributed by atoms with Gasteiger partial charge in [0.05, 0.1) is 0 Å². The van der Waals surface area contributed by atoms with E-state index in [1.165, 1.54) is 12.1 Å². The highest BCUT2D eigenvalue weighted by Crippen LogP contribution is 2.34. The van der Waals surface area contributed by atoms with Crippen LogP contribution >= 0.6 is 0 Å². The number of phenolic OH excluding ortho intramolecular Hbond substituents is 1. The second-order valence-corrected chi connectivity index (χ2v) is 6.48. The van der Waals surface area contributed by atoms with Crippen molar-refractivity contribution in [3.63, 3.8) is 0 Å². The number of phenols is 1. The molecule has 3 rings (SSSR count). The Hall–Kier alpha value is -3.21. The van der Waals surface area contributed by atoms with Crippen molar-refractivity contribution in [2.24, 2.45) is 0 Å². The minimum Gasteiger partial charge on any atom is -0.508 e. The summed E-state index contributed by atoms with van der Waals surface area (Å²) in [5.74, 6) is -0.474. The van der Waals surface area contributed by atoms with Crippen LogP contribution in [0.1, 0.15) is 11.1 Å². The van der Waals surface area contributed by atoms with Crippen molar-refractivity contribution < 1.29 is 23.0 Å². The largest absolute Gasteiger partial charge is 0.508 e. The Morgan fingerprint density at radius 3 is 2.04 bits per heavy atom. The Morgan fingerprint density at radius 1 is 0.893 bits per heavy atom. The fourth-order valence-corrected chi connectivity index (χ4v) is 3.06. The molecule has 0 radical (unpaired) electrons. The van der Waals surface area contributed by atoms with Crippen molar-refractivity contribution in [2.45, 2.75) is 13.8 Å². The van der Waals surface area contributed by atoms with Gasteiger partial charge in [0, 0.05) is 6.08 Å². The van der Waals surface area contributed by atoms with E-state index in [1.807, 2.05) is 38.1 Å². The second kappa shape index (κ2) is 8.21. The molecular weight excluding hydrogens is 365 g/mol. The van der Waals surface area contributed by atoms with Gasteiger partial charge < -0.3 is 9.84 Å². The van der Waals surface area contributed by atoms with Crippen molar-refractivity contribution in [2.75, 3.05) is 6.61 Å². The number of rotatable bonds is 5. The lowest BCUT2D eigenvalue weighted by Crippen LogP contribution is -1.97. The number of benzene rings is 3. The number of aromatic hydroxyl groups is 1.